The quantitative estimate of drug-likeness (QED) is 0.723. The van der Waals surface area contributed by atoms with E-state index in [0.717, 1.165) is 36.5 Å². The molecule has 21 heavy (non-hydrogen) atoms. The van der Waals surface area contributed by atoms with Gasteiger partial charge in [0.15, 0.2) is 0 Å². The Morgan fingerprint density at radius 2 is 2.05 bits per heavy atom. The van der Waals surface area contributed by atoms with Crippen molar-refractivity contribution in [3.8, 4) is 0 Å². The highest BCUT2D eigenvalue weighted by atomic mass is 32.2. The summed E-state index contributed by atoms with van der Waals surface area (Å²) < 4.78 is 28.0. The molecule has 1 aromatic heterocycles. The zero-order chi connectivity index (χ0) is 16.0. The fraction of sp³-hybridized carbons (Fsp3) is 0.714. The Morgan fingerprint density at radius 1 is 1.38 bits per heavy atom. The van der Waals surface area contributed by atoms with Gasteiger partial charge in [-0.3, -0.25) is 0 Å². The normalized spacial score (nSPS) is 13.8. The zero-order valence-electron chi connectivity index (χ0n) is 13.6. The van der Waals surface area contributed by atoms with Crippen molar-refractivity contribution in [3.05, 3.63) is 16.5 Å². The topological polar surface area (TPSA) is 61.4 Å². The van der Waals surface area contributed by atoms with Crippen molar-refractivity contribution in [2.75, 3.05) is 27.2 Å². The van der Waals surface area contributed by atoms with Crippen molar-refractivity contribution in [1.29, 1.82) is 0 Å². The molecule has 1 rings (SSSR count). The Morgan fingerprint density at radius 3 is 2.62 bits per heavy atom. The van der Waals surface area contributed by atoms with Gasteiger partial charge in [-0.25, -0.2) is 13.1 Å². The lowest BCUT2D eigenvalue weighted by atomic mass is 10.2. The standard InChI is InChI=1S/C14H27N3O2S2/c1-6-15-10-13-11(2)9-14(20-13)21(18,19)16-12(3)7-8-17(4)5/h9,12,15-16H,6-8,10H2,1-5H3. The van der Waals surface area contributed by atoms with E-state index < -0.39 is 10.0 Å². The van der Waals surface area contributed by atoms with Gasteiger partial charge in [0.1, 0.15) is 4.21 Å². The second-order valence-corrected chi connectivity index (χ2v) is 8.64. The Labute approximate surface area is 132 Å². The summed E-state index contributed by atoms with van der Waals surface area (Å²) in [6.45, 7) is 8.35. The third kappa shape index (κ3) is 6.04. The van der Waals surface area contributed by atoms with Gasteiger partial charge in [0.05, 0.1) is 0 Å². The number of aryl methyl sites for hydroxylation is 1. The number of hydrogen-bond acceptors (Lipinski definition) is 5. The summed E-state index contributed by atoms with van der Waals surface area (Å²) in [4.78, 5) is 3.13. The van der Waals surface area contributed by atoms with E-state index in [1.165, 1.54) is 11.3 Å². The molecular weight excluding hydrogens is 306 g/mol. The maximum atomic E-state index is 12.4. The zero-order valence-corrected chi connectivity index (χ0v) is 15.2. The summed E-state index contributed by atoms with van der Waals surface area (Å²) in [7, 11) is 0.554. The van der Waals surface area contributed by atoms with Gasteiger partial charge in [0.2, 0.25) is 10.0 Å². The average Bonchev–Trinajstić information content (AvgIpc) is 2.76. The molecule has 7 heteroatoms. The van der Waals surface area contributed by atoms with Gasteiger partial charge in [-0.2, -0.15) is 0 Å². The number of sulfonamides is 1. The molecular formula is C14H27N3O2S2. The largest absolute Gasteiger partial charge is 0.312 e. The van der Waals surface area contributed by atoms with Crippen LogP contribution in [0.5, 0.6) is 0 Å². The summed E-state index contributed by atoms with van der Waals surface area (Å²) in [6.07, 6.45) is 0.792. The Bertz CT molecular complexity index is 538. The second-order valence-electron chi connectivity index (χ2n) is 5.57. The Kier molecular flexibility index (Phi) is 7.29. The van der Waals surface area contributed by atoms with Crippen LogP contribution >= 0.6 is 11.3 Å². The van der Waals surface area contributed by atoms with Crippen molar-refractivity contribution in [2.24, 2.45) is 0 Å². The molecule has 0 spiro atoms. The molecule has 0 bridgehead atoms. The molecule has 0 saturated carbocycles. The Balaban J connectivity index is 2.74. The molecule has 0 aromatic carbocycles. The molecule has 0 amide bonds. The van der Waals surface area contributed by atoms with Gasteiger partial charge in [0.25, 0.3) is 0 Å². The highest BCUT2D eigenvalue weighted by Gasteiger charge is 2.21. The van der Waals surface area contributed by atoms with Gasteiger partial charge in [-0.05, 0) is 59.1 Å². The van der Waals surface area contributed by atoms with Crippen LogP contribution in [0.4, 0.5) is 0 Å². The molecule has 0 radical (unpaired) electrons. The maximum Gasteiger partial charge on any atom is 0.250 e. The molecule has 0 fully saturated rings. The van der Waals surface area contributed by atoms with Crippen molar-refractivity contribution >= 4 is 21.4 Å². The van der Waals surface area contributed by atoms with E-state index in [9.17, 15) is 8.42 Å². The number of rotatable bonds is 9. The molecule has 1 unspecified atom stereocenters. The first-order valence-electron chi connectivity index (χ1n) is 7.23. The number of thiophene rings is 1. The van der Waals surface area contributed by atoms with Crippen LogP contribution in [0.3, 0.4) is 0 Å². The predicted molar refractivity (Wildman–Crippen MR) is 89.4 cm³/mol. The van der Waals surface area contributed by atoms with Gasteiger partial charge >= 0.3 is 0 Å². The average molecular weight is 334 g/mol. The van der Waals surface area contributed by atoms with E-state index in [2.05, 4.69) is 14.9 Å². The van der Waals surface area contributed by atoms with E-state index in [0.29, 0.717) is 4.21 Å². The van der Waals surface area contributed by atoms with Crippen LogP contribution in [0.1, 0.15) is 30.7 Å². The minimum atomic E-state index is -3.41. The minimum absolute atomic E-state index is 0.0722. The van der Waals surface area contributed by atoms with Crippen LogP contribution in [0.2, 0.25) is 0 Å². The van der Waals surface area contributed by atoms with Crippen molar-refractivity contribution in [2.45, 2.75) is 44.0 Å². The van der Waals surface area contributed by atoms with E-state index in [1.54, 1.807) is 6.07 Å². The van der Waals surface area contributed by atoms with Crippen LogP contribution in [0, 0.1) is 6.92 Å². The predicted octanol–water partition coefficient (Wildman–Crippen LogP) is 1.78. The summed E-state index contributed by atoms with van der Waals surface area (Å²) in [5.74, 6) is 0. The van der Waals surface area contributed by atoms with Crippen LogP contribution in [-0.4, -0.2) is 46.5 Å². The maximum absolute atomic E-state index is 12.4. The van der Waals surface area contributed by atoms with Gasteiger partial charge in [0, 0.05) is 17.5 Å². The lowest BCUT2D eigenvalue weighted by Gasteiger charge is -2.16. The van der Waals surface area contributed by atoms with Gasteiger partial charge in [-0.15, -0.1) is 11.3 Å². The van der Waals surface area contributed by atoms with Crippen LogP contribution in [0.25, 0.3) is 0 Å². The highest BCUT2D eigenvalue weighted by Crippen LogP contribution is 2.26. The Hall–Kier alpha value is -0.470. The van der Waals surface area contributed by atoms with Crippen LogP contribution in [-0.2, 0) is 16.6 Å². The smallest absolute Gasteiger partial charge is 0.250 e. The summed E-state index contributed by atoms with van der Waals surface area (Å²) in [5, 5.41) is 3.23. The highest BCUT2D eigenvalue weighted by molar-refractivity contribution is 7.91. The summed E-state index contributed by atoms with van der Waals surface area (Å²) in [5.41, 5.74) is 1.03. The third-order valence-electron chi connectivity index (χ3n) is 3.16. The third-order valence-corrected chi connectivity index (χ3v) is 6.46. The molecule has 0 aliphatic heterocycles. The number of nitrogens with one attached hydrogen (secondary N) is 2. The first kappa shape index (κ1) is 18.6. The number of hydrogen-bond donors (Lipinski definition) is 2. The van der Waals surface area contributed by atoms with Crippen LogP contribution in [0.15, 0.2) is 10.3 Å². The minimum Gasteiger partial charge on any atom is -0.312 e. The van der Waals surface area contributed by atoms with E-state index in [4.69, 9.17) is 0 Å². The van der Waals surface area contributed by atoms with Crippen molar-refractivity contribution < 1.29 is 8.42 Å². The van der Waals surface area contributed by atoms with E-state index >= 15 is 0 Å². The van der Waals surface area contributed by atoms with Crippen molar-refractivity contribution in [3.63, 3.8) is 0 Å². The molecule has 0 aliphatic carbocycles. The van der Waals surface area contributed by atoms with E-state index in [-0.39, 0.29) is 6.04 Å². The van der Waals surface area contributed by atoms with Crippen molar-refractivity contribution in [1.82, 2.24) is 14.9 Å². The van der Waals surface area contributed by atoms with Crippen LogP contribution < -0.4 is 10.0 Å². The summed E-state index contributed by atoms with van der Waals surface area (Å²) in [6, 6.07) is 1.69. The first-order chi connectivity index (χ1) is 9.76. The number of nitrogens with zero attached hydrogens (tertiary/aromatic N) is 1. The molecule has 122 valence electrons. The lowest BCUT2D eigenvalue weighted by Crippen LogP contribution is -2.34. The fourth-order valence-electron chi connectivity index (χ4n) is 1.87. The summed E-state index contributed by atoms with van der Waals surface area (Å²) >= 11 is 1.35. The molecule has 0 aliphatic rings. The monoisotopic (exact) mass is 333 g/mol. The fourth-order valence-corrected chi connectivity index (χ4v) is 4.72. The molecule has 2 N–H and O–H groups in total. The molecule has 1 aromatic rings. The van der Waals surface area contributed by atoms with Gasteiger partial charge < -0.3 is 10.2 Å². The van der Waals surface area contributed by atoms with Gasteiger partial charge in [-0.1, -0.05) is 6.92 Å². The second kappa shape index (κ2) is 8.24. The molecule has 1 heterocycles. The molecule has 0 saturated heterocycles. The lowest BCUT2D eigenvalue weighted by molar-refractivity contribution is 0.379. The molecule has 5 nitrogen and oxygen atoms in total. The SMILES string of the molecule is CCNCc1sc(S(=O)(=O)NC(C)CCN(C)C)cc1C. The van der Waals surface area contributed by atoms with E-state index in [1.807, 2.05) is 34.9 Å². The first-order valence-corrected chi connectivity index (χ1v) is 9.53. The molecule has 1 atom stereocenters.